The van der Waals surface area contributed by atoms with Gasteiger partial charge in [-0.25, -0.2) is 0 Å². The highest BCUT2D eigenvalue weighted by Gasteiger charge is 2.38. The molecule has 2 fully saturated rings. The lowest BCUT2D eigenvalue weighted by molar-refractivity contribution is -0.139. The van der Waals surface area contributed by atoms with Crippen molar-refractivity contribution in [1.82, 2.24) is 9.80 Å². The van der Waals surface area contributed by atoms with Crippen molar-refractivity contribution in [3.05, 3.63) is 0 Å². The molecule has 0 aliphatic carbocycles. The first-order valence-electron chi connectivity index (χ1n) is 7.31. The average molecular weight is 284 g/mol. The lowest BCUT2D eigenvalue weighted by atomic mass is 10.2. The molecule has 2 aliphatic heterocycles. The summed E-state index contributed by atoms with van der Waals surface area (Å²) < 4.78 is 0. The second-order valence-corrected chi connectivity index (χ2v) is 6.36. The van der Waals surface area contributed by atoms with Crippen LogP contribution in [0.1, 0.15) is 38.5 Å². The Kier molecular flexibility index (Phi) is 5.55. The Morgan fingerprint density at radius 2 is 2.05 bits per heavy atom. The van der Waals surface area contributed by atoms with Gasteiger partial charge >= 0.3 is 0 Å². The third-order valence-electron chi connectivity index (χ3n) is 4.04. The van der Waals surface area contributed by atoms with Gasteiger partial charge in [-0.15, -0.1) is 0 Å². The molecule has 2 heterocycles. The topological polar surface area (TPSA) is 40.6 Å². The fourth-order valence-electron chi connectivity index (χ4n) is 2.96. The number of unbranched alkanes of at least 4 members (excludes halogenated alkanes) is 2. The van der Waals surface area contributed by atoms with E-state index >= 15 is 0 Å². The number of rotatable bonds is 6. The molecule has 0 N–H and O–H groups in total. The summed E-state index contributed by atoms with van der Waals surface area (Å²) in [4.78, 5) is 28.1. The van der Waals surface area contributed by atoms with E-state index in [4.69, 9.17) is 0 Å². The van der Waals surface area contributed by atoms with Crippen molar-refractivity contribution in [3.8, 4) is 0 Å². The summed E-state index contributed by atoms with van der Waals surface area (Å²) in [6.07, 6.45) is 7.92. The zero-order chi connectivity index (χ0) is 13.7. The predicted octanol–water partition coefficient (Wildman–Crippen LogP) is 1.74. The Morgan fingerprint density at radius 1 is 1.21 bits per heavy atom. The van der Waals surface area contributed by atoms with E-state index in [0.717, 1.165) is 32.4 Å². The molecule has 2 aliphatic rings. The fraction of sp³-hybridized carbons (Fsp3) is 0.857. The number of hydrogen-bond acceptors (Lipinski definition) is 3. The van der Waals surface area contributed by atoms with Crippen LogP contribution in [0.5, 0.6) is 0 Å². The second kappa shape index (κ2) is 7.17. The van der Waals surface area contributed by atoms with Gasteiger partial charge in [0, 0.05) is 26.1 Å². The molecule has 2 saturated heterocycles. The van der Waals surface area contributed by atoms with E-state index in [-0.39, 0.29) is 17.9 Å². The van der Waals surface area contributed by atoms with E-state index < -0.39 is 0 Å². The molecule has 1 unspecified atom stereocenters. The van der Waals surface area contributed by atoms with E-state index in [0.29, 0.717) is 13.0 Å². The van der Waals surface area contributed by atoms with Gasteiger partial charge in [0.05, 0.1) is 0 Å². The molecule has 2 amide bonds. The van der Waals surface area contributed by atoms with Crippen molar-refractivity contribution in [2.45, 2.75) is 44.6 Å². The zero-order valence-corrected chi connectivity index (χ0v) is 12.6. The number of fused-ring (bicyclic) bond motifs is 1. The van der Waals surface area contributed by atoms with Crippen molar-refractivity contribution in [3.63, 3.8) is 0 Å². The molecule has 1 atom stereocenters. The van der Waals surface area contributed by atoms with Crippen LogP contribution in [0.4, 0.5) is 0 Å². The highest BCUT2D eigenvalue weighted by molar-refractivity contribution is 7.98. The maximum Gasteiger partial charge on any atom is 0.245 e. The Morgan fingerprint density at radius 3 is 2.84 bits per heavy atom. The van der Waals surface area contributed by atoms with E-state index in [1.165, 1.54) is 18.6 Å². The molecule has 0 radical (unpaired) electrons. The smallest absolute Gasteiger partial charge is 0.245 e. The molecule has 0 saturated carbocycles. The number of hydrogen-bond donors (Lipinski definition) is 0. The monoisotopic (exact) mass is 284 g/mol. The highest BCUT2D eigenvalue weighted by Crippen LogP contribution is 2.23. The average Bonchev–Trinajstić information content (AvgIpc) is 2.86. The van der Waals surface area contributed by atoms with Crippen molar-refractivity contribution in [1.29, 1.82) is 0 Å². The first kappa shape index (κ1) is 14.7. The molecule has 0 aromatic carbocycles. The van der Waals surface area contributed by atoms with Crippen LogP contribution in [-0.4, -0.2) is 59.3 Å². The maximum atomic E-state index is 12.4. The van der Waals surface area contributed by atoms with Crippen molar-refractivity contribution in [2.75, 3.05) is 31.6 Å². The Labute approximate surface area is 119 Å². The number of carbonyl (C=O) groups excluding carboxylic acids is 2. The van der Waals surface area contributed by atoms with Crippen molar-refractivity contribution in [2.24, 2.45) is 0 Å². The summed E-state index contributed by atoms with van der Waals surface area (Å²) in [5, 5.41) is 0. The molecular weight excluding hydrogens is 260 g/mol. The minimum Gasteiger partial charge on any atom is -0.340 e. The van der Waals surface area contributed by atoms with E-state index in [9.17, 15) is 9.59 Å². The van der Waals surface area contributed by atoms with E-state index in [2.05, 4.69) is 6.26 Å². The van der Waals surface area contributed by atoms with Gasteiger partial charge in [-0.05, 0) is 37.7 Å². The third-order valence-corrected chi connectivity index (χ3v) is 4.74. The van der Waals surface area contributed by atoms with Crippen LogP contribution in [0.25, 0.3) is 0 Å². The quantitative estimate of drug-likeness (QED) is 0.698. The highest BCUT2D eigenvalue weighted by atomic mass is 32.2. The van der Waals surface area contributed by atoms with Crippen LogP contribution in [0, 0.1) is 0 Å². The summed E-state index contributed by atoms with van der Waals surface area (Å²) in [5.41, 5.74) is 0. The molecule has 19 heavy (non-hydrogen) atoms. The third kappa shape index (κ3) is 3.65. The van der Waals surface area contributed by atoms with E-state index in [1.54, 1.807) is 4.90 Å². The van der Waals surface area contributed by atoms with E-state index in [1.807, 2.05) is 16.7 Å². The molecule has 0 aromatic rings. The first-order valence-corrected chi connectivity index (χ1v) is 8.70. The van der Waals surface area contributed by atoms with Gasteiger partial charge in [-0.2, -0.15) is 11.8 Å². The Balaban J connectivity index is 1.83. The van der Waals surface area contributed by atoms with Crippen LogP contribution >= 0.6 is 11.8 Å². The number of thioether (sulfide) groups is 1. The molecule has 5 heteroatoms. The van der Waals surface area contributed by atoms with Crippen LogP contribution in [0.2, 0.25) is 0 Å². The minimum absolute atomic E-state index is 0.152. The first-order chi connectivity index (χ1) is 9.24. The summed E-state index contributed by atoms with van der Waals surface area (Å²) in [7, 11) is 0. The van der Waals surface area contributed by atoms with Crippen LogP contribution in [0.3, 0.4) is 0 Å². The van der Waals surface area contributed by atoms with Crippen LogP contribution in [0.15, 0.2) is 0 Å². The molecule has 4 nitrogen and oxygen atoms in total. The van der Waals surface area contributed by atoms with Crippen LogP contribution < -0.4 is 0 Å². The summed E-state index contributed by atoms with van der Waals surface area (Å²) >= 11 is 1.87. The predicted molar refractivity (Wildman–Crippen MR) is 78.2 cm³/mol. The van der Waals surface area contributed by atoms with Gasteiger partial charge in [0.25, 0.3) is 0 Å². The minimum atomic E-state index is -0.152. The Bertz CT molecular complexity index is 335. The molecule has 0 spiro atoms. The largest absolute Gasteiger partial charge is 0.340 e. The van der Waals surface area contributed by atoms with Crippen molar-refractivity contribution >= 4 is 23.6 Å². The summed E-state index contributed by atoms with van der Waals surface area (Å²) in [6.45, 7) is 2.22. The van der Waals surface area contributed by atoms with Crippen molar-refractivity contribution < 1.29 is 9.59 Å². The maximum absolute atomic E-state index is 12.4. The lowest BCUT2D eigenvalue weighted by Crippen LogP contribution is -2.43. The van der Waals surface area contributed by atoms with Gasteiger partial charge in [-0.1, -0.05) is 6.42 Å². The molecular formula is C14H24N2O2S. The van der Waals surface area contributed by atoms with Gasteiger partial charge in [0.15, 0.2) is 0 Å². The van der Waals surface area contributed by atoms with Crippen LogP contribution in [-0.2, 0) is 9.59 Å². The fourth-order valence-corrected chi connectivity index (χ4v) is 3.46. The number of amides is 2. The normalized spacial score (nSPS) is 23.7. The van der Waals surface area contributed by atoms with Gasteiger partial charge < -0.3 is 9.80 Å². The summed E-state index contributed by atoms with van der Waals surface area (Å²) in [6, 6.07) is -0.152. The summed E-state index contributed by atoms with van der Waals surface area (Å²) in [5.74, 6) is 1.55. The second-order valence-electron chi connectivity index (χ2n) is 5.37. The standard InChI is InChI=1S/C14H24N2O2S/c1-19-11-4-2-3-8-15-10-7-13(17)16-9-5-6-12(16)14(15)18/h12H,2-11H2,1H3. The molecule has 0 aromatic heterocycles. The SMILES string of the molecule is CSCCCCCN1CCC(=O)N2CCCC2C1=O. The van der Waals surface area contributed by atoms with Gasteiger partial charge in [0.2, 0.25) is 11.8 Å². The molecule has 2 rings (SSSR count). The molecule has 0 bridgehead atoms. The lowest BCUT2D eigenvalue weighted by Gasteiger charge is -2.25. The van der Waals surface area contributed by atoms with Gasteiger partial charge in [0.1, 0.15) is 6.04 Å². The number of nitrogens with zero attached hydrogens (tertiary/aromatic N) is 2. The molecule has 108 valence electrons. The zero-order valence-electron chi connectivity index (χ0n) is 11.8. The Hall–Kier alpha value is -0.710. The van der Waals surface area contributed by atoms with Gasteiger partial charge in [-0.3, -0.25) is 9.59 Å². The number of carbonyl (C=O) groups is 2.